The predicted molar refractivity (Wildman–Crippen MR) is 93.9 cm³/mol. The number of thiophene rings is 1. The first-order chi connectivity index (χ1) is 11.7. The summed E-state index contributed by atoms with van der Waals surface area (Å²) in [6, 6.07) is 10.0. The van der Waals surface area contributed by atoms with Gasteiger partial charge in [-0.25, -0.2) is 4.98 Å². The van der Waals surface area contributed by atoms with E-state index in [2.05, 4.69) is 38.1 Å². The third-order valence-electron chi connectivity index (χ3n) is 4.81. The average Bonchev–Trinajstić information content (AvgIpc) is 3.32. The van der Waals surface area contributed by atoms with Crippen molar-refractivity contribution in [1.82, 2.24) is 9.88 Å². The molecule has 0 saturated carbocycles. The fraction of sp³-hybridized carbons (Fsp3) is 0.444. The molecule has 6 heteroatoms. The van der Waals surface area contributed by atoms with E-state index in [1.165, 1.54) is 5.56 Å². The Hall–Kier alpha value is -1.94. The lowest BCUT2D eigenvalue weighted by Crippen LogP contribution is -2.33. The molecule has 1 spiro atoms. The molecular weight excluding hydrogens is 320 g/mol. The molecule has 2 aliphatic heterocycles. The molecule has 0 aromatic carbocycles. The minimum atomic E-state index is -0.0273. The van der Waals surface area contributed by atoms with Gasteiger partial charge in [0.15, 0.2) is 0 Å². The summed E-state index contributed by atoms with van der Waals surface area (Å²) >= 11 is 1.75. The third kappa shape index (κ3) is 3.29. The molecule has 2 fully saturated rings. The van der Waals surface area contributed by atoms with E-state index in [0.717, 1.165) is 38.3 Å². The molecule has 0 unspecified atom stereocenters. The van der Waals surface area contributed by atoms with Gasteiger partial charge in [-0.2, -0.15) is 16.6 Å². The highest BCUT2D eigenvalue weighted by Gasteiger charge is 2.45. The second kappa shape index (κ2) is 6.52. The Balaban J connectivity index is 1.35. The lowest BCUT2D eigenvalue weighted by atomic mass is 9.97. The van der Waals surface area contributed by atoms with Gasteiger partial charge in [0.1, 0.15) is 17.6 Å². The smallest absolute Gasteiger partial charge is 0.142 e. The van der Waals surface area contributed by atoms with Gasteiger partial charge in [-0.15, -0.1) is 0 Å². The van der Waals surface area contributed by atoms with Gasteiger partial charge in [-0.05, 0) is 40.9 Å². The van der Waals surface area contributed by atoms with Gasteiger partial charge in [0.2, 0.25) is 0 Å². The first kappa shape index (κ1) is 15.6. The van der Waals surface area contributed by atoms with E-state index in [0.29, 0.717) is 12.3 Å². The Morgan fingerprint density at radius 1 is 1.46 bits per heavy atom. The Bertz CT molecular complexity index is 742. The van der Waals surface area contributed by atoms with E-state index in [9.17, 15) is 0 Å². The molecule has 4 heterocycles. The topological polar surface area (TPSA) is 61.2 Å². The molecule has 2 atom stereocenters. The van der Waals surface area contributed by atoms with E-state index in [4.69, 9.17) is 10.00 Å². The van der Waals surface area contributed by atoms with Crippen LogP contribution >= 0.6 is 11.3 Å². The number of hydrogen-bond acceptors (Lipinski definition) is 6. The number of ether oxygens (including phenoxy) is 1. The quantitative estimate of drug-likeness (QED) is 0.927. The molecule has 0 radical (unpaired) electrons. The fourth-order valence-corrected chi connectivity index (χ4v) is 4.37. The Kier molecular flexibility index (Phi) is 4.23. The zero-order chi connectivity index (χ0) is 16.4. The van der Waals surface area contributed by atoms with Crippen molar-refractivity contribution in [1.29, 1.82) is 5.26 Å². The van der Waals surface area contributed by atoms with Crippen LogP contribution in [0, 0.1) is 11.3 Å². The van der Waals surface area contributed by atoms with Gasteiger partial charge in [-0.1, -0.05) is 6.07 Å². The minimum absolute atomic E-state index is 0.0273. The number of nitriles is 1. The zero-order valence-electron chi connectivity index (χ0n) is 13.4. The largest absolute Gasteiger partial charge is 0.371 e. The molecule has 2 aromatic rings. The highest BCUT2D eigenvalue weighted by molar-refractivity contribution is 7.07. The SMILES string of the molecule is N#Cc1cccc(N[C@@H]2CO[C@]3(CCN(Cc4ccsc4)C3)C2)n1. The van der Waals surface area contributed by atoms with Crippen LogP contribution in [0.15, 0.2) is 35.0 Å². The van der Waals surface area contributed by atoms with E-state index in [1.54, 1.807) is 17.4 Å². The molecule has 4 rings (SSSR count). The van der Waals surface area contributed by atoms with Gasteiger partial charge < -0.3 is 10.1 Å². The van der Waals surface area contributed by atoms with Crippen LogP contribution < -0.4 is 5.32 Å². The molecule has 5 nitrogen and oxygen atoms in total. The van der Waals surface area contributed by atoms with E-state index in [1.807, 2.05) is 12.1 Å². The summed E-state index contributed by atoms with van der Waals surface area (Å²) in [5.74, 6) is 0.757. The highest BCUT2D eigenvalue weighted by Crippen LogP contribution is 2.36. The first-order valence-electron chi connectivity index (χ1n) is 8.26. The van der Waals surface area contributed by atoms with Crippen molar-refractivity contribution >= 4 is 17.2 Å². The van der Waals surface area contributed by atoms with Crippen molar-refractivity contribution in [3.8, 4) is 6.07 Å². The van der Waals surface area contributed by atoms with E-state index < -0.39 is 0 Å². The van der Waals surface area contributed by atoms with Crippen molar-refractivity contribution in [2.24, 2.45) is 0 Å². The summed E-state index contributed by atoms with van der Waals surface area (Å²) in [5, 5.41) is 16.7. The average molecular weight is 340 g/mol. The van der Waals surface area contributed by atoms with Crippen LogP contribution in [0.3, 0.4) is 0 Å². The van der Waals surface area contributed by atoms with Gasteiger partial charge >= 0.3 is 0 Å². The van der Waals surface area contributed by atoms with Crippen LogP contribution in [0.4, 0.5) is 5.82 Å². The van der Waals surface area contributed by atoms with Crippen LogP contribution in [0.25, 0.3) is 0 Å². The number of hydrogen-bond donors (Lipinski definition) is 1. The van der Waals surface area contributed by atoms with E-state index >= 15 is 0 Å². The Morgan fingerprint density at radius 3 is 3.25 bits per heavy atom. The maximum absolute atomic E-state index is 8.96. The van der Waals surface area contributed by atoms with Gasteiger partial charge in [0.05, 0.1) is 18.2 Å². The molecule has 2 aliphatic rings. The summed E-state index contributed by atoms with van der Waals surface area (Å²) in [6.07, 6.45) is 2.08. The molecule has 0 aliphatic carbocycles. The number of nitrogens with one attached hydrogen (secondary N) is 1. The molecule has 124 valence electrons. The lowest BCUT2D eigenvalue weighted by molar-refractivity contribution is 0.0120. The Morgan fingerprint density at radius 2 is 2.42 bits per heavy atom. The van der Waals surface area contributed by atoms with E-state index in [-0.39, 0.29) is 11.6 Å². The molecule has 2 saturated heterocycles. The minimum Gasteiger partial charge on any atom is -0.371 e. The third-order valence-corrected chi connectivity index (χ3v) is 5.54. The lowest BCUT2D eigenvalue weighted by Gasteiger charge is -2.23. The number of likely N-dealkylation sites (tertiary alicyclic amines) is 1. The van der Waals surface area contributed by atoms with Crippen molar-refractivity contribution in [2.75, 3.05) is 25.0 Å². The maximum atomic E-state index is 8.96. The van der Waals surface area contributed by atoms with Crippen LogP contribution in [0.1, 0.15) is 24.1 Å². The van der Waals surface area contributed by atoms with Crippen LogP contribution in [0.2, 0.25) is 0 Å². The van der Waals surface area contributed by atoms with Crippen molar-refractivity contribution in [3.05, 3.63) is 46.3 Å². The predicted octanol–water partition coefficient (Wildman–Crippen LogP) is 2.86. The normalized spacial score (nSPS) is 26.7. The number of rotatable bonds is 4. The zero-order valence-corrected chi connectivity index (χ0v) is 14.3. The summed E-state index contributed by atoms with van der Waals surface area (Å²) in [7, 11) is 0. The summed E-state index contributed by atoms with van der Waals surface area (Å²) < 4.78 is 6.20. The van der Waals surface area contributed by atoms with Crippen LogP contribution in [-0.2, 0) is 11.3 Å². The van der Waals surface area contributed by atoms with Crippen LogP contribution in [-0.4, -0.2) is 41.2 Å². The number of pyridine rings is 1. The Labute approximate surface area is 145 Å². The molecule has 2 aromatic heterocycles. The van der Waals surface area contributed by atoms with Gasteiger partial charge in [-0.3, -0.25) is 4.90 Å². The molecule has 0 bridgehead atoms. The molecular formula is C18H20N4OS. The van der Waals surface area contributed by atoms with Crippen LogP contribution in [0.5, 0.6) is 0 Å². The second-order valence-electron chi connectivity index (χ2n) is 6.65. The van der Waals surface area contributed by atoms with Crippen molar-refractivity contribution < 1.29 is 4.74 Å². The molecule has 0 amide bonds. The molecule has 1 N–H and O–H groups in total. The second-order valence-corrected chi connectivity index (χ2v) is 7.43. The summed E-state index contributed by atoms with van der Waals surface area (Å²) in [4.78, 5) is 6.78. The van der Waals surface area contributed by atoms with Gasteiger partial charge in [0.25, 0.3) is 0 Å². The number of anilines is 1. The molecule has 24 heavy (non-hydrogen) atoms. The first-order valence-corrected chi connectivity index (χ1v) is 9.20. The van der Waals surface area contributed by atoms with Gasteiger partial charge in [0, 0.05) is 26.1 Å². The van der Waals surface area contributed by atoms with Crippen molar-refractivity contribution in [3.63, 3.8) is 0 Å². The standard InChI is InChI=1S/C18H20N4OS/c19-9-15-2-1-3-17(20-15)21-16-8-18(23-11-16)5-6-22(13-18)10-14-4-7-24-12-14/h1-4,7,12,16H,5-6,8,10-11,13H2,(H,20,21)/t16-,18+/m0/s1. The fourth-order valence-electron chi connectivity index (χ4n) is 3.71. The van der Waals surface area contributed by atoms with Crippen molar-refractivity contribution in [2.45, 2.75) is 31.0 Å². The highest BCUT2D eigenvalue weighted by atomic mass is 32.1. The monoisotopic (exact) mass is 340 g/mol. The number of aromatic nitrogens is 1. The number of nitrogens with zero attached hydrogens (tertiary/aromatic N) is 3. The maximum Gasteiger partial charge on any atom is 0.142 e. The summed E-state index contributed by atoms with van der Waals surface area (Å²) in [5.41, 5.74) is 1.80. The summed E-state index contributed by atoms with van der Waals surface area (Å²) in [6.45, 7) is 3.79.